The summed E-state index contributed by atoms with van der Waals surface area (Å²) in [5, 5.41) is 5.24. The van der Waals surface area contributed by atoms with Gasteiger partial charge in [-0.05, 0) is 41.7 Å². The molecule has 1 atom stereocenters. The summed E-state index contributed by atoms with van der Waals surface area (Å²) < 4.78 is 0. The molecule has 0 amide bonds. The highest BCUT2D eigenvalue weighted by molar-refractivity contribution is 7.99. The molecular weight excluding hydrogens is 234 g/mol. The zero-order valence-corrected chi connectivity index (χ0v) is 11.4. The van der Waals surface area contributed by atoms with Gasteiger partial charge in [0.2, 0.25) is 0 Å². The van der Waals surface area contributed by atoms with Gasteiger partial charge in [0.15, 0.2) is 0 Å². The van der Waals surface area contributed by atoms with Gasteiger partial charge < -0.3 is 5.73 Å². The smallest absolute Gasteiger partial charge is 0.0171 e. The Labute approximate surface area is 107 Å². The first-order chi connectivity index (χ1) is 7.84. The quantitative estimate of drug-likeness (QED) is 0.868. The lowest BCUT2D eigenvalue weighted by atomic mass is 10.0. The van der Waals surface area contributed by atoms with Crippen LogP contribution in [-0.2, 0) is 6.42 Å². The van der Waals surface area contributed by atoms with E-state index >= 15 is 0 Å². The zero-order chi connectivity index (χ0) is 11.2. The summed E-state index contributed by atoms with van der Waals surface area (Å²) in [6, 6.07) is 2.53. The number of rotatable bonds is 5. The van der Waals surface area contributed by atoms with Crippen molar-refractivity contribution < 1.29 is 0 Å². The van der Waals surface area contributed by atoms with E-state index in [-0.39, 0.29) is 0 Å². The van der Waals surface area contributed by atoms with Gasteiger partial charge in [0, 0.05) is 17.0 Å². The van der Waals surface area contributed by atoms with Crippen molar-refractivity contribution >= 4 is 23.1 Å². The molecule has 0 aliphatic heterocycles. The molecule has 2 rings (SSSR count). The van der Waals surface area contributed by atoms with Crippen molar-refractivity contribution in [2.75, 3.05) is 5.75 Å². The zero-order valence-electron chi connectivity index (χ0n) is 9.73. The molecule has 16 heavy (non-hydrogen) atoms. The highest BCUT2D eigenvalue weighted by Gasteiger charge is 2.15. The largest absolute Gasteiger partial charge is 0.327 e. The van der Waals surface area contributed by atoms with Gasteiger partial charge in [0.1, 0.15) is 0 Å². The van der Waals surface area contributed by atoms with Gasteiger partial charge in [-0.25, -0.2) is 0 Å². The topological polar surface area (TPSA) is 26.0 Å². The molecule has 0 radical (unpaired) electrons. The summed E-state index contributed by atoms with van der Waals surface area (Å²) in [7, 11) is 0. The van der Waals surface area contributed by atoms with Gasteiger partial charge >= 0.3 is 0 Å². The molecule has 1 heterocycles. The van der Waals surface area contributed by atoms with Gasteiger partial charge in [-0.1, -0.05) is 19.3 Å². The summed E-state index contributed by atoms with van der Waals surface area (Å²) in [5.74, 6) is 1.13. The molecule has 3 heteroatoms. The Kier molecular flexibility index (Phi) is 5.20. The van der Waals surface area contributed by atoms with E-state index in [2.05, 4.69) is 28.6 Å². The molecule has 2 N–H and O–H groups in total. The lowest BCUT2D eigenvalue weighted by molar-refractivity contribution is 0.515. The van der Waals surface area contributed by atoms with Gasteiger partial charge in [-0.3, -0.25) is 0 Å². The third-order valence-electron chi connectivity index (χ3n) is 3.18. The second-order valence-electron chi connectivity index (χ2n) is 4.69. The van der Waals surface area contributed by atoms with Crippen LogP contribution < -0.4 is 5.73 Å². The molecule has 0 aromatic carbocycles. The van der Waals surface area contributed by atoms with Gasteiger partial charge in [0.25, 0.3) is 0 Å². The molecular formula is C13H21NS2. The molecule has 1 fully saturated rings. The van der Waals surface area contributed by atoms with Gasteiger partial charge in [-0.15, -0.1) is 0 Å². The Hall–Kier alpha value is 0.01000. The SMILES string of the molecule is NC(CSC1CCCCC1)Cc1ccsc1. The number of nitrogens with two attached hydrogens (primary N) is 1. The van der Waals surface area contributed by atoms with Crippen LogP contribution in [0.4, 0.5) is 0 Å². The molecule has 1 aliphatic rings. The lowest BCUT2D eigenvalue weighted by Gasteiger charge is -2.22. The van der Waals surface area contributed by atoms with Crippen LogP contribution in [0, 0.1) is 0 Å². The van der Waals surface area contributed by atoms with Crippen LogP contribution in [-0.4, -0.2) is 17.0 Å². The Balaban J connectivity index is 1.65. The summed E-state index contributed by atoms with van der Waals surface area (Å²) >= 11 is 3.87. The summed E-state index contributed by atoms with van der Waals surface area (Å²) in [6.07, 6.45) is 8.17. The fourth-order valence-corrected chi connectivity index (χ4v) is 4.25. The van der Waals surface area contributed by atoms with Crippen molar-refractivity contribution in [1.29, 1.82) is 0 Å². The molecule has 0 spiro atoms. The van der Waals surface area contributed by atoms with E-state index in [0.29, 0.717) is 6.04 Å². The normalized spacial score (nSPS) is 19.8. The third-order valence-corrected chi connectivity index (χ3v) is 5.47. The van der Waals surface area contributed by atoms with E-state index in [1.165, 1.54) is 37.7 Å². The van der Waals surface area contributed by atoms with E-state index in [1.54, 1.807) is 11.3 Å². The van der Waals surface area contributed by atoms with Crippen LogP contribution in [0.2, 0.25) is 0 Å². The first-order valence-corrected chi connectivity index (χ1v) is 8.22. The Morgan fingerprint density at radius 1 is 1.38 bits per heavy atom. The van der Waals surface area contributed by atoms with Crippen LogP contribution in [0.1, 0.15) is 37.7 Å². The molecule has 1 nitrogen and oxygen atoms in total. The maximum atomic E-state index is 6.17. The minimum atomic E-state index is 0.335. The van der Waals surface area contributed by atoms with Crippen molar-refractivity contribution in [2.24, 2.45) is 5.73 Å². The maximum Gasteiger partial charge on any atom is 0.0171 e. The Morgan fingerprint density at radius 2 is 2.19 bits per heavy atom. The minimum Gasteiger partial charge on any atom is -0.327 e. The minimum absolute atomic E-state index is 0.335. The van der Waals surface area contributed by atoms with E-state index in [9.17, 15) is 0 Å². The molecule has 1 aliphatic carbocycles. The van der Waals surface area contributed by atoms with Crippen molar-refractivity contribution in [2.45, 2.75) is 49.8 Å². The van der Waals surface area contributed by atoms with Crippen molar-refractivity contribution in [3.05, 3.63) is 22.4 Å². The van der Waals surface area contributed by atoms with Crippen molar-refractivity contribution in [1.82, 2.24) is 0 Å². The number of thiophene rings is 1. The third kappa shape index (κ3) is 4.11. The van der Waals surface area contributed by atoms with Crippen molar-refractivity contribution in [3.8, 4) is 0 Å². The van der Waals surface area contributed by atoms with Crippen LogP contribution in [0.15, 0.2) is 16.8 Å². The number of thioether (sulfide) groups is 1. The molecule has 0 bridgehead atoms. The molecule has 0 saturated heterocycles. The molecule has 1 aromatic rings. The van der Waals surface area contributed by atoms with Gasteiger partial charge in [0.05, 0.1) is 0 Å². The summed E-state index contributed by atoms with van der Waals surface area (Å²) in [6.45, 7) is 0. The Bertz CT molecular complexity index is 278. The predicted octanol–water partition coefficient (Wildman–Crippen LogP) is 3.68. The molecule has 1 aromatic heterocycles. The van der Waals surface area contributed by atoms with E-state index in [1.807, 2.05) is 0 Å². The average Bonchev–Trinajstić information content (AvgIpc) is 2.81. The van der Waals surface area contributed by atoms with E-state index < -0.39 is 0 Å². The monoisotopic (exact) mass is 255 g/mol. The standard InChI is InChI=1S/C13H21NS2/c14-12(8-11-6-7-15-9-11)10-16-13-4-2-1-3-5-13/h6-7,9,12-13H,1-5,8,10,14H2. The second kappa shape index (κ2) is 6.67. The second-order valence-corrected chi connectivity index (χ2v) is 6.80. The lowest BCUT2D eigenvalue weighted by Crippen LogP contribution is -2.27. The van der Waals surface area contributed by atoms with Gasteiger partial charge in [-0.2, -0.15) is 23.1 Å². The average molecular weight is 255 g/mol. The fraction of sp³-hybridized carbons (Fsp3) is 0.692. The molecule has 1 saturated carbocycles. The van der Waals surface area contributed by atoms with Crippen LogP contribution in [0.25, 0.3) is 0 Å². The first-order valence-electron chi connectivity index (χ1n) is 6.23. The maximum absolute atomic E-state index is 6.17. The highest BCUT2D eigenvalue weighted by atomic mass is 32.2. The molecule has 90 valence electrons. The summed E-state index contributed by atoms with van der Waals surface area (Å²) in [4.78, 5) is 0. The van der Waals surface area contributed by atoms with E-state index in [0.717, 1.165) is 17.4 Å². The highest BCUT2D eigenvalue weighted by Crippen LogP contribution is 2.28. The van der Waals surface area contributed by atoms with E-state index in [4.69, 9.17) is 5.73 Å². The van der Waals surface area contributed by atoms with Crippen LogP contribution in [0.5, 0.6) is 0 Å². The van der Waals surface area contributed by atoms with Crippen molar-refractivity contribution in [3.63, 3.8) is 0 Å². The number of hydrogen-bond donors (Lipinski definition) is 1. The van der Waals surface area contributed by atoms with Crippen LogP contribution >= 0.6 is 23.1 Å². The Morgan fingerprint density at radius 3 is 2.88 bits per heavy atom. The number of hydrogen-bond acceptors (Lipinski definition) is 3. The summed E-state index contributed by atoms with van der Waals surface area (Å²) in [5.41, 5.74) is 7.57. The fourth-order valence-electron chi connectivity index (χ4n) is 2.26. The predicted molar refractivity (Wildman–Crippen MR) is 75.3 cm³/mol. The first kappa shape index (κ1) is 12.5. The van der Waals surface area contributed by atoms with Crippen LogP contribution in [0.3, 0.4) is 0 Å². The molecule has 1 unspecified atom stereocenters.